The zero-order chi connectivity index (χ0) is 23.1. The lowest BCUT2D eigenvalue weighted by atomic mass is 9.83. The van der Waals surface area contributed by atoms with Crippen LogP contribution in [0.4, 0.5) is 4.79 Å². The molecule has 2 heterocycles. The average molecular weight is 460 g/mol. The number of fused-ring (bicyclic) bond motifs is 1. The molecule has 32 heavy (non-hydrogen) atoms. The first kappa shape index (κ1) is 22.8. The second-order valence-electron chi connectivity index (χ2n) is 10.1. The summed E-state index contributed by atoms with van der Waals surface area (Å²) in [6, 6.07) is 9.03. The number of ether oxygens (including phenoxy) is 2. The first-order valence-corrected chi connectivity index (χ1v) is 11.4. The number of hydrogen-bond acceptors (Lipinski definition) is 5. The van der Waals surface area contributed by atoms with Gasteiger partial charge >= 0.3 is 12.0 Å². The summed E-state index contributed by atoms with van der Waals surface area (Å²) in [6.45, 7) is 9.40. The van der Waals surface area contributed by atoms with Crippen molar-refractivity contribution in [3.05, 3.63) is 52.8 Å². The van der Waals surface area contributed by atoms with E-state index in [9.17, 15) is 9.59 Å². The Labute approximate surface area is 193 Å². The van der Waals surface area contributed by atoms with Crippen LogP contribution in [0.25, 0.3) is 0 Å². The highest BCUT2D eigenvalue weighted by Crippen LogP contribution is 2.49. The number of nitrogens with zero attached hydrogens (tertiary/aromatic N) is 3. The molecule has 1 aliphatic carbocycles. The van der Waals surface area contributed by atoms with E-state index in [1.54, 1.807) is 20.8 Å². The molecule has 1 amide bonds. The van der Waals surface area contributed by atoms with Crippen molar-refractivity contribution in [3.63, 3.8) is 0 Å². The Bertz CT molecular complexity index is 1010. The lowest BCUT2D eigenvalue weighted by molar-refractivity contribution is 0.00622. The molecule has 0 radical (unpaired) electrons. The van der Waals surface area contributed by atoms with Crippen LogP contribution in [-0.4, -0.2) is 51.5 Å². The largest absolute Gasteiger partial charge is 0.455 e. The van der Waals surface area contributed by atoms with Crippen molar-refractivity contribution in [2.45, 2.75) is 58.8 Å². The van der Waals surface area contributed by atoms with E-state index in [2.05, 4.69) is 12.0 Å². The molecule has 2 aliphatic rings. The first-order valence-electron chi connectivity index (χ1n) is 11.0. The Kier molecular flexibility index (Phi) is 6.07. The molecule has 0 spiro atoms. The number of rotatable bonds is 4. The van der Waals surface area contributed by atoms with Gasteiger partial charge in [-0.1, -0.05) is 36.7 Å². The third-order valence-electron chi connectivity index (χ3n) is 6.32. The van der Waals surface area contributed by atoms with E-state index in [-0.39, 0.29) is 23.2 Å². The molecular weight excluding hydrogens is 430 g/mol. The minimum atomic E-state index is -0.615. The smallest absolute Gasteiger partial charge is 0.359 e. The highest BCUT2D eigenvalue weighted by atomic mass is 35.5. The molecule has 2 fully saturated rings. The Morgan fingerprint density at radius 1 is 1.25 bits per heavy atom. The van der Waals surface area contributed by atoms with Crippen molar-refractivity contribution in [2.75, 3.05) is 13.1 Å². The highest BCUT2D eigenvalue weighted by molar-refractivity contribution is 6.31. The van der Waals surface area contributed by atoms with Gasteiger partial charge in [0.1, 0.15) is 5.60 Å². The molecular formula is C24H30ClN3O4. The van der Waals surface area contributed by atoms with E-state index in [4.69, 9.17) is 21.1 Å². The van der Waals surface area contributed by atoms with E-state index < -0.39 is 11.6 Å². The molecule has 4 rings (SSSR count). The number of benzene rings is 1. The van der Waals surface area contributed by atoms with Crippen molar-refractivity contribution in [1.29, 1.82) is 0 Å². The average Bonchev–Trinajstić information content (AvgIpc) is 3.37. The number of hydrogen-bond donors (Lipinski definition) is 0. The second kappa shape index (κ2) is 8.52. The van der Waals surface area contributed by atoms with E-state index in [0.29, 0.717) is 25.6 Å². The minimum absolute atomic E-state index is 0.00194. The van der Waals surface area contributed by atoms with Gasteiger partial charge in [-0.3, -0.25) is 0 Å². The summed E-state index contributed by atoms with van der Waals surface area (Å²) in [7, 11) is 0. The minimum Gasteiger partial charge on any atom is -0.455 e. The number of likely N-dealkylation sites (tertiary alicyclic amines) is 1. The van der Waals surface area contributed by atoms with Crippen LogP contribution in [-0.2, 0) is 16.1 Å². The number of amides is 1. The van der Waals surface area contributed by atoms with Crippen LogP contribution < -0.4 is 0 Å². The summed E-state index contributed by atoms with van der Waals surface area (Å²) in [5.41, 5.74) is 0.512. The third-order valence-corrected chi connectivity index (χ3v) is 6.68. The maximum absolute atomic E-state index is 13.0. The number of halogens is 1. The molecule has 172 valence electrons. The zero-order valence-corrected chi connectivity index (χ0v) is 19.8. The number of aromatic nitrogens is 2. The predicted octanol–water partition coefficient (Wildman–Crippen LogP) is 4.78. The molecule has 1 saturated heterocycles. The zero-order valence-electron chi connectivity index (χ0n) is 19.0. The van der Waals surface area contributed by atoms with Gasteiger partial charge in [0, 0.05) is 24.3 Å². The van der Waals surface area contributed by atoms with Crippen molar-refractivity contribution in [2.24, 2.45) is 11.3 Å². The van der Waals surface area contributed by atoms with Crippen LogP contribution in [0.5, 0.6) is 0 Å². The monoisotopic (exact) mass is 459 g/mol. The summed E-state index contributed by atoms with van der Waals surface area (Å²) in [6.07, 6.45) is 3.48. The number of carbonyl (C=O) groups is 2. The third kappa shape index (κ3) is 4.84. The van der Waals surface area contributed by atoms with Crippen LogP contribution >= 0.6 is 11.6 Å². The van der Waals surface area contributed by atoms with Gasteiger partial charge < -0.3 is 14.4 Å². The molecule has 1 aliphatic heterocycles. The molecule has 1 aromatic heterocycles. The summed E-state index contributed by atoms with van der Waals surface area (Å²) < 4.78 is 12.7. The number of esters is 1. The van der Waals surface area contributed by atoms with Crippen LogP contribution in [0, 0.1) is 11.3 Å². The van der Waals surface area contributed by atoms with Crippen LogP contribution in [0.2, 0.25) is 5.02 Å². The molecule has 0 unspecified atom stereocenters. The van der Waals surface area contributed by atoms with Crippen molar-refractivity contribution in [1.82, 2.24) is 14.7 Å². The molecule has 2 aromatic rings. The Hall–Kier alpha value is -2.38. The van der Waals surface area contributed by atoms with Crippen molar-refractivity contribution in [3.8, 4) is 0 Å². The SMILES string of the molecule is CC(C)(C)OC(=O)c1ccn(C(=O)N2C[C@H]3C[C@H](OCc4ccccc4Cl)C[C@@]3(C)C2)n1. The van der Waals surface area contributed by atoms with Gasteiger partial charge in [-0.15, -0.1) is 0 Å². The van der Waals surface area contributed by atoms with E-state index in [1.165, 1.54) is 16.9 Å². The Balaban J connectivity index is 1.34. The Morgan fingerprint density at radius 2 is 2.00 bits per heavy atom. The van der Waals surface area contributed by atoms with E-state index in [1.807, 2.05) is 29.2 Å². The van der Waals surface area contributed by atoms with Crippen molar-refractivity contribution >= 4 is 23.6 Å². The fourth-order valence-corrected chi connectivity index (χ4v) is 4.93. The molecule has 8 heteroatoms. The normalized spacial score (nSPS) is 25.1. The summed E-state index contributed by atoms with van der Waals surface area (Å²) in [4.78, 5) is 27.0. The lowest BCUT2D eigenvalue weighted by Crippen LogP contribution is -2.36. The van der Waals surface area contributed by atoms with Gasteiger partial charge in [-0.05, 0) is 62.6 Å². The fraction of sp³-hybridized carbons (Fsp3) is 0.542. The fourth-order valence-electron chi connectivity index (χ4n) is 4.74. The van der Waals surface area contributed by atoms with Crippen molar-refractivity contribution < 1.29 is 19.1 Å². The maximum Gasteiger partial charge on any atom is 0.359 e. The molecule has 1 aromatic carbocycles. The lowest BCUT2D eigenvalue weighted by Gasteiger charge is -2.24. The van der Waals surface area contributed by atoms with Crippen LogP contribution in [0.15, 0.2) is 36.5 Å². The predicted molar refractivity (Wildman–Crippen MR) is 121 cm³/mol. The van der Waals surface area contributed by atoms with Gasteiger partial charge in [0.05, 0.1) is 12.7 Å². The van der Waals surface area contributed by atoms with Crippen LogP contribution in [0.3, 0.4) is 0 Å². The maximum atomic E-state index is 13.0. The standard InChI is InChI=1S/C24H30ClN3O4/c1-23(2,3)32-21(29)20-9-10-28(26-20)22(30)27-13-17-11-18(12-24(17,4)15-27)31-14-16-7-5-6-8-19(16)25/h5-10,17-18H,11-15H2,1-4H3/t17-,18+,24+/m1/s1. The molecule has 0 bridgehead atoms. The van der Waals surface area contributed by atoms with E-state index >= 15 is 0 Å². The summed E-state index contributed by atoms with van der Waals surface area (Å²) >= 11 is 6.24. The van der Waals surface area contributed by atoms with Gasteiger partial charge in [-0.25, -0.2) is 9.59 Å². The van der Waals surface area contributed by atoms with Gasteiger partial charge in [-0.2, -0.15) is 9.78 Å². The first-order chi connectivity index (χ1) is 15.0. The van der Waals surface area contributed by atoms with Gasteiger partial charge in [0.25, 0.3) is 0 Å². The molecule has 1 saturated carbocycles. The van der Waals surface area contributed by atoms with Gasteiger partial charge in [0.2, 0.25) is 0 Å². The summed E-state index contributed by atoms with van der Waals surface area (Å²) in [5, 5.41) is 4.88. The van der Waals surface area contributed by atoms with Crippen LogP contribution in [0.1, 0.15) is 56.6 Å². The van der Waals surface area contributed by atoms with E-state index in [0.717, 1.165) is 23.4 Å². The molecule has 7 nitrogen and oxygen atoms in total. The topological polar surface area (TPSA) is 73.7 Å². The quantitative estimate of drug-likeness (QED) is 0.615. The molecule has 3 atom stereocenters. The molecule has 0 N–H and O–H groups in total. The number of carbonyl (C=O) groups excluding carboxylic acids is 2. The second-order valence-corrected chi connectivity index (χ2v) is 10.5. The summed E-state index contributed by atoms with van der Waals surface area (Å²) in [5.74, 6) is -0.170. The Morgan fingerprint density at radius 3 is 2.69 bits per heavy atom. The van der Waals surface area contributed by atoms with Gasteiger partial charge in [0.15, 0.2) is 5.69 Å². The highest BCUT2D eigenvalue weighted by Gasteiger charge is 2.51.